The van der Waals surface area contributed by atoms with Gasteiger partial charge in [-0.05, 0) is 31.0 Å². The maximum absolute atomic E-state index is 12.1. The molecule has 1 atom stereocenters. The number of halogens is 1. The Bertz CT molecular complexity index is 634. The molecule has 1 aliphatic heterocycles. The summed E-state index contributed by atoms with van der Waals surface area (Å²) in [6, 6.07) is 5.33. The zero-order valence-corrected chi connectivity index (χ0v) is 14.8. The van der Waals surface area contributed by atoms with Gasteiger partial charge < -0.3 is 10.6 Å². The highest BCUT2D eigenvalue weighted by Gasteiger charge is 2.31. The minimum Gasteiger partial charge on any atom is -0.326 e. The Morgan fingerprint density at radius 3 is 2.96 bits per heavy atom. The van der Waals surface area contributed by atoms with Gasteiger partial charge in [-0.25, -0.2) is 0 Å². The summed E-state index contributed by atoms with van der Waals surface area (Å²) in [5, 5.41) is 6.26. The van der Waals surface area contributed by atoms with Gasteiger partial charge in [0, 0.05) is 23.7 Å². The summed E-state index contributed by atoms with van der Waals surface area (Å²) in [6.45, 7) is 4.68. The Morgan fingerprint density at radius 1 is 1.48 bits per heavy atom. The predicted octanol–water partition coefficient (Wildman–Crippen LogP) is 3.36. The molecule has 0 bridgehead atoms. The van der Waals surface area contributed by atoms with Crippen LogP contribution in [-0.2, 0) is 9.59 Å². The van der Waals surface area contributed by atoms with Crippen molar-refractivity contribution >= 4 is 46.0 Å². The van der Waals surface area contributed by atoms with Gasteiger partial charge in [0.15, 0.2) is 5.17 Å². The lowest BCUT2D eigenvalue weighted by Crippen LogP contribution is -2.28. The first-order valence-corrected chi connectivity index (χ1v) is 8.83. The van der Waals surface area contributed by atoms with Crippen molar-refractivity contribution in [2.75, 3.05) is 11.9 Å². The van der Waals surface area contributed by atoms with Gasteiger partial charge in [0.05, 0.1) is 0 Å². The SMILES string of the molecule is CCCCN=C1NC(=O)[C@H](CC(=O)Nc2ccc(C)c(Cl)c2)S1. The van der Waals surface area contributed by atoms with Gasteiger partial charge in [-0.15, -0.1) is 0 Å². The molecule has 23 heavy (non-hydrogen) atoms. The number of amides is 2. The Balaban J connectivity index is 1.88. The van der Waals surface area contributed by atoms with Gasteiger partial charge in [0.1, 0.15) is 5.25 Å². The summed E-state index contributed by atoms with van der Waals surface area (Å²) in [5.74, 6) is -0.380. The van der Waals surface area contributed by atoms with Crippen molar-refractivity contribution in [1.29, 1.82) is 0 Å². The number of aliphatic imine (C=N–C) groups is 1. The number of unbranched alkanes of at least 4 members (excludes halogenated alkanes) is 1. The Hall–Kier alpha value is -1.53. The van der Waals surface area contributed by atoms with Crippen LogP contribution in [-0.4, -0.2) is 28.8 Å². The molecule has 0 radical (unpaired) electrons. The normalized spacial score (nSPS) is 19.0. The van der Waals surface area contributed by atoms with E-state index < -0.39 is 5.25 Å². The number of carbonyl (C=O) groups excluding carboxylic acids is 2. The van der Waals surface area contributed by atoms with Crippen LogP contribution in [0, 0.1) is 6.92 Å². The average Bonchev–Trinajstić information content (AvgIpc) is 2.83. The molecule has 0 saturated carbocycles. The van der Waals surface area contributed by atoms with Crippen LogP contribution in [0.4, 0.5) is 5.69 Å². The zero-order valence-electron chi connectivity index (χ0n) is 13.2. The molecule has 0 unspecified atom stereocenters. The quantitative estimate of drug-likeness (QED) is 0.770. The summed E-state index contributed by atoms with van der Waals surface area (Å²) >= 11 is 7.35. The molecule has 0 aromatic heterocycles. The first-order chi connectivity index (χ1) is 11.0. The molecule has 2 amide bonds. The second-order valence-electron chi connectivity index (χ2n) is 5.35. The smallest absolute Gasteiger partial charge is 0.240 e. The van der Waals surface area contributed by atoms with Crippen molar-refractivity contribution in [3.8, 4) is 0 Å². The van der Waals surface area contributed by atoms with Gasteiger partial charge in [-0.2, -0.15) is 0 Å². The molecule has 1 aromatic carbocycles. The molecule has 1 aliphatic rings. The second kappa shape index (κ2) is 8.36. The van der Waals surface area contributed by atoms with Crippen LogP contribution in [0.1, 0.15) is 31.7 Å². The third-order valence-corrected chi connectivity index (χ3v) is 4.90. The van der Waals surface area contributed by atoms with Gasteiger partial charge in [0.2, 0.25) is 11.8 Å². The van der Waals surface area contributed by atoms with Gasteiger partial charge in [-0.1, -0.05) is 42.8 Å². The molecule has 0 aliphatic carbocycles. The van der Waals surface area contributed by atoms with Crippen molar-refractivity contribution in [3.05, 3.63) is 28.8 Å². The number of carbonyl (C=O) groups is 2. The Labute approximate surface area is 145 Å². The number of hydrogen-bond acceptors (Lipinski definition) is 4. The predicted molar refractivity (Wildman–Crippen MR) is 96.2 cm³/mol. The average molecular weight is 354 g/mol. The highest BCUT2D eigenvalue weighted by atomic mass is 35.5. The molecule has 7 heteroatoms. The van der Waals surface area contributed by atoms with E-state index in [4.69, 9.17) is 11.6 Å². The van der Waals surface area contributed by atoms with E-state index in [-0.39, 0.29) is 18.2 Å². The number of aryl methyl sites for hydroxylation is 1. The molecule has 1 aromatic rings. The Morgan fingerprint density at radius 2 is 2.26 bits per heavy atom. The number of benzene rings is 1. The maximum Gasteiger partial charge on any atom is 0.240 e. The van der Waals surface area contributed by atoms with E-state index in [0.717, 1.165) is 18.4 Å². The van der Waals surface area contributed by atoms with E-state index in [2.05, 4.69) is 22.5 Å². The summed E-state index contributed by atoms with van der Waals surface area (Å²) in [4.78, 5) is 28.3. The molecule has 124 valence electrons. The van der Waals surface area contributed by atoms with E-state index in [1.807, 2.05) is 13.0 Å². The number of thioether (sulfide) groups is 1. The zero-order chi connectivity index (χ0) is 16.8. The van der Waals surface area contributed by atoms with E-state index >= 15 is 0 Å². The first-order valence-electron chi connectivity index (χ1n) is 7.57. The van der Waals surface area contributed by atoms with Crippen molar-refractivity contribution in [2.24, 2.45) is 4.99 Å². The standard InChI is InChI=1S/C16H20ClN3O2S/c1-3-4-7-18-16-20-15(22)13(23-16)9-14(21)19-11-6-5-10(2)12(17)8-11/h5-6,8,13H,3-4,7,9H2,1-2H3,(H,19,21)(H,18,20,22)/t13-/m0/s1. The number of amidine groups is 1. The molecule has 2 rings (SSSR count). The van der Waals surface area contributed by atoms with Gasteiger partial charge in [0.25, 0.3) is 0 Å². The van der Waals surface area contributed by atoms with Crippen molar-refractivity contribution in [2.45, 2.75) is 38.4 Å². The first kappa shape index (κ1) is 17.8. The van der Waals surface area contributed by atoms with Gasteiger partial charge in [-0.3, -0.25) is 14.6 Å². The number of nitrogens with zero attached hydrogens (tertiary/aromatic N) is 1. The molecular formula is C16H20ClN3O2S. The number of anilines is 1. The monoisotopic (exact) mass is 353 g/mol. The summed E-state index contributed by atoms with van der Waals surface area (Å²) in [5.41, 5.74) is 1.58. The fourth-order valence-electron chi connectivity index (χ4n) is 2.00. The lowest BCUT2D eigenvalue weighted by Gasteiger charge is -2.08. The molecule has 5 nitrogen and oxygen atoms in total. The van der Waals surface area contributed by atoms with E-state index in [0.29, 0.717) is 22.4 Å². The summed E-state index contributed by atoms with van der Waals surface area (Å²) < 4.78 is 0. The van der Waals surface area contributed by atoms with Crippen LogP contribution >= 0.6 is 23.4 Å². The fourth-order valence-corrected chi connectivity index (χ4v) is 3.18. The maximum atomic E-state index is 12.1. The Kier molecular flexibility index (Phi) is 6.47. The number of rotatable bonds is 6. The largest absolute Gasteiger partial charge is 0.326 e. The fraction of sp³-hybridized carbons (Fsp3) is 0.438. The van der Waals surface area contributed by atoms with Crippen LogP contribution in [0.5, 0.6) is 0 Å². The minimum absolute atomic E-state index is 0.106. The van der Waals surface area contributed by atoms with E-state index in [9.17, 15) is 9.59 Å². The topological polar surface area (TPSA) is 70.6 Å². The second-order valence-corrected chi connectivity index (χ2v) is 6.95. The van der Waals surface area contributed by atoms with Gasteiger partial charge >= 0.3 is 0 Å². The third kappa shape index (κ3) is 5.25. The molecule has 0 spiro atoms. The van der Waals surface area contributed by atoms with Crippen LogP contribution < -0.4 is 10.6 Å². The molecule has 1 saturated heterocycles. The third-order valence-electron chi connectivity index (χ3n) is 3.37. The lowest BCUT2D eigenvalue weighted by molar-refractivity contribution is -0.122. The van der Waals surface area contributed by atoms with Crippen molar-refractivity contribution in [3.63, 3.8) is 0 Å². The van der Waals surface area contributed by atoms with Crippen molar-refractivity contribution in [1.82, 2.24) is 5.32 Å². The van der Waals surface area contributed by atoms with Crippen LogP contribution in [0.15, 0.2) is 23.2 Å². The lowest BCUT2D eigenvalue weighted by atomic mass is 10.2. The summed E-state index contributed by atoms with van der Waals surface area (Å²) in [6.07, 6.45) is 2.15. The van der Waals surface area contributed by atoms with E-state index in [1.165, 1.54) is 11.8 Å². The molecular weight excluding hydrogens is 334 g/mol. The van der Waals surface area contributed by atoms with E-state index in [1.54, 1.807) is 12.1 Å². The molecule has 2 N–H and O–H groups in total. The van der Waals surface area contributed by atoms with Crippen LogP contribution in [0.3, 0.4) is 0 Å². The number of hydrogen-bond donors (Lipinski definition) is 2. The number of nitrogens with one attached hydrogen (secondary N) is 2. The molecule has 1 fully saturated rings. The highest BCUT2D eigenvalue weighted by Crippen LogP contribution is 2.24. The van der Waals surface area contributed by atoms with Crippen molar-refractivity contribution < 1.29 is 9.59 Å². The minimum atomic E-state index is -0.434. The highest BCUT2D eigenvalue weighted by molar-refractivity contribution is 8.15. The summed E-state index contributed by atoms with van der Waals surface area (Å²) in [7, 11) is 0. The molecule has 1 heterocycles. The van der Waals surface area contributed by atoms with Crippen LogP contribution in [0.2, 0.25) is 5.02 Å². The van der Waals surface area contributed by atoms with Crippen LogP contribution in [0.25, 0.3) is 0 Å².